The highest BCUT2D eigenvalue weighted by Crippen LogP contribution is 2.00. The van der Waals surface area contributed by atoms with Crippen LogP contribution in [0.25, 0.3) is 0 Å². The molecule has 0 atom stereocenters. The molecular formula is C9H14N2O2. The number of unbranched alkanes of at least 4 members (excludes halogenated alkanes) is 1. The fourth-order valence-corrected chi connectivity index (χ4v) is 1.12. The summed E-state index contributed by atoms with van der Waals surface area (Å²) in [6.45, 7) is 3.04. The van der Waals surface area contributed by atoms with Crippen molar-refractivity contribution in [1.82, 2.24) is 9.55 Å². The van der Waals surface area contributed by atoms with Gasteiger partial charge in [0.15, 0.2) is 0 Å². The molecular weight excluding hydrogens is 168 g/mol. The van der Waals surface area contributed by atoms with Crippen molar-refractivity contribution < 1.29 is 9.90 Å². The predicted octanol–water partition coefficient (Wildman–Crippen LogP) is 1.31. The van der Waals surface area contributed by atoms with Crippen molar-refractivity contribution in [3.05, 3.63) is 18.2 Å². The Kier molecular flexibility index (Phi) is 3.49. The number of aryl methyl sites for hydroxylation is 1. The summed E-state index contributed by atoms with van der Waals surface area (Å²) in [4.78, 5) is 14.3. The van der Waals surface area contributed by atoms with E-state index in [-0.39, 0.29) is 6.42 Å². The number of carboxylic acids is 1. The lowest BCUT2D eigenvalue weighted by molar-refractivity contribution is -0.136. The maximum absolute atomic E-state index is 10.3. The molecule has 0 spiro atoms. The Bertz CT molecular complexity index is 281. The van der Waals surface area contributed by atoms with Crippen LogP contribution < -0.4 is 0 Å². The van der Waals surface area contributed by atoms with Crippen molar-refractivity contribution >= 4 is 5.97 Å². The van der Waals surface area contributed by atoms with Crippen molar-refractivity contribution in [2.45, 2.75) is 32.7 Å². The van der Waals surface area contributed by atoms with Gasteiger partial charge >= 0.3 is 5.97 Å². The second-order valence-electron chi connectivity index (χ2n) is 3.03. The molecule has 0 radical (unpaired) electrons. The zero-order chi connectivity index (χ0) is 9.68. The lowest BCUT2D eigenvalue weighted by Gasteiger charge is -1.97. The zero-order valence-electron chi connectivity index (χ0n) is 7.73. The molecule has 0 aliphatic heterocycles. The number of aliphatic carboxylic acids is 1. The lowest BCUT2D eigenvalue weighted by Crippen LogP contribution is -2.00. The number of nitrogens with zero attached hydrogens (tertiary/aromatic N) is 2. The summed E-state index contributed by atoms with van der Waals surface area (Å²) in [5.74, 6) is -0.833. The van der Waals surface area contributed by atoms with Gasteiger partial charge in [0.1, 0.15) is 0 Å². The smallest absolute Gasteiger partial charge is 0.309 e. The molecule has 0 fully saturated rings. The first-order chi connectivity index (χ1) is 6.22. The van der Waals surface area contributed by atoms with E-state index in [1.807, 2.05) is 4.57 Å². The summed E-state index contributed by atoms with van der Waals surface area (Å²) in [5.41, 5.74) is 0.628. The number of carbonyl (C=O) groups is 1. The van der Waals surface area contributed by atoms with Gasteiger partial charge in [-0.15, -0.1) is 0 Å². The fourth-order valence-electron chi connectivity index (χ4n) is 1.12. The van der Waals surface area contributed by atoms with Crippen LogP contribution in [0.15, 0.2) is 12.5 Å². The zero-order valence-corrected chi connectivity index (χ0v) is 7.73. The number of hydrogen-bond acceptors (Lipinski definition) is 2. The molecule has 0 saturated carbocycles. The predicted molar refractivity (Wildman–Crippen MR) is 48.5 cm³/mol. The van der Waals surface area contributed by atoms with Gasteiger partial charge in [0.05, 0.1) is 18.4 Å². The molecule has 0 aliphatic rings. The molecule has 0 saturated heterocycles. The molecule has 0 aliphatic carbocycles. The van der Waals surface area contributed by atoms with E-state index in [4.69, 9.17) is 5.11 Å². The molecule has 0 unspecified atom stereocenters. The highest BCUT2D eigenvalue weighted by molar-refractivity contribution is 5.69. The van der Waals surface area contributed by atoms with E-state index in [0.29, 0.717) is 5.69 Å². The Labute approximate surface area is 77.2 Å². The van der Waals surface area contributed by atoms with Crippen molar-refractivity contribution in [1.29, 1.82) is 0 Å². The summed E-state index contributed by atoms with van der Waals surface area (Å²) in [6, 6.07) is 0. The Morgan fingerprint density at radius 2 is 2.46 bits per heavy atom. The Morgan fingerprint density at radius 3 is 3.08 bits per heavy atom. The molecule has 0 bridgehead atoms. The van der Waals surface area contributed by atoms with Gasteiger partial charge in [0.2, 0.25) is 0 Å². The number of rotatable bonds is 5. The average Bonchev–Trinajstić information content (AvgIpc) is 2.48. The largest absolute Gasteiger partial charge is 0.481 e. The minimum atomic E-state index is -0.833. The van der Waals surface area contributed by atoms with Gasteiger partial charge in [0.25, 0.3) is 0 Å². The first-order valence-corrected chi connectivity index (χ1v) is 4.45. The highest BCUT2D eigenvalue weighted by Gasteiger charge is 2.03. The van der Waals surface area contributed by atoms with E-state index in [2.05, 4.69) is 11.9 Å². The van der Waals surface area contributed by atoms with Crippen molar-refractivity contribution in [3.63, 3.8) is 0 Å². The number of hydrogen-bond donors (Lipinski definition) is 1. The van der Waals surface area contributed by atoms with Crippen LogP contribution >= 0.6 is 0 Å². The third kappa shape index (κ3) is 3.27. The average molecular weight is 182 g/mol. The van der Waals surface area contributed by atoms with E-state index in [1.54, 1.807) is 12.5 Å². The van der Waals surface area contributed by atoms with Crippen molar-refractivity contribution in [2.75, 3.05) is 0 Å². The van der Waals surface area contributed by atoms with Gasteiger partial charge in [0, 0.05) is 12.7 Å². The first kappa shape index (κ1) is 9.77. The molecule has 13 heavy (non-hydrogen) atoms. The Hall–Kier alpha value is -1.32. The molecule has 1 N–H and O–H groups in total. The van der Waals surface area contributed by atoms with Crippen LogP contribution in [0.5, 0.6) is 0 Å². The molecule has 0 amide bonds. The fraction of sp³-hybridized carbons (Fsp3) is 0.556. The van der Waals surface area contributed by atoms with Crippen LogP contribution in [-0.4, -0.2) is 20.6 Å². The third-order valence-corrected chi connectivity index (χ3v) is 1.79. The second-order valence-corrected chi connectivity index (χ2v) is 3.03. The standard InChI is InChI=1S/C9H14N2O2/c1-2-3-4-11-6-8(10-7-11)5-9(12)13/h6-7H,2-5H2,1H3,(H,12,13). The number of aromatic nitrogens is 2. The van der Waals surface area contributed by atoms with Gasteiger partial charge in [-0.3, -0.25) is 4.79 Å². The molecule has 0 aromatic carbocycles. The Morgan fingerprint density at radius 1 is 1.69 bits per heavy atom. The molecule has 1 rings (SSSR count). The quantitative estimate of drug-likeness (QED) is 0.747. The van der Waals surface area contributed by atoms with Gasteiger partial charge in [-0.25, -0.2) is 4.98 Å². The van der Waals surface area contributed by atoms with Crippen LogP contribution in [-0.2, 0) is 17.8 Å². The van der Waals surface area contributed by atoms with Crippen LogP contribution in [0.1, 0.15) is 25.5 Å². The van der Waals surface area contributed by atoms with Gasteiger partial charge in [-0.05, 0) is 6.42 Å². The van der Waals surface area contributed by atoms with Gasteiger partial charge in [-0.2, -0.15) is 0 Å². The van der Waals surface area contributed by atoms with E-state index in [0.717, 1.165) is 19.4 Å². The van der Waals surface area contributed by atoms with Crippen LogP contribution in [0.4, 0.5) is 0 Å². The SMILES string of the molecule is CCCCn1cnc(CC(=O)O)c1. The monoisotopic (exact) mass is 182 g/mol. The molecule has 1 aromatic rings. The third-order valence-electron chi connectivity index (χ3n) is 1.79. The number of carboxylic acid groups (broad SMARTS) is 1. The summed E-state index contributed by atoms with van der Waals surface area (Å²) in [6.07, 6.45) is 5.73. The van der Waals surface area contributed by atoms with E-state index in [9.17, 15) is 4.79 Å². The maximum Gasteiger partial charge on any atom is 0.309 e. The molecule has 4 heteroatoms. The van der Waals surface area contributed by atoms with Crippen molar-refractivity contribution in [2.24, 2.45) is 0 Å². The van der Waals surface area contributed by atoms with Crippen LogP contribution in [0.2, 0.25) is 0 Å². The summed E-state index contributed by atoms with van der Waals surface area (Å²) in [5, 5.41) is 8.50. The molecule has 1 heterocycles. The molecule has 4 nitrogen and oxygen atoms in total. The minimum Gasteiger partial charge on any atom is -0.481 e. The topological polar surface area (TPSA) is 55.1 Å². The summed E-state index contributed by atoms with van der Waals surface area (Å²) >= 11 is 0. The van der Waals surface area contributed by atoms with E-state index >= 15 is 0 Å². The van der Waals surface area contributed by atoms with E-state index < -0.39 is 5.97 Å². The lowest BCUT2D eigenvalue weighted by atomic mass is 10.3. The molecule has 72 valence electrons. The van der Waals surface area contributed by atoms with Gasteiger partial charge < -0.3 is 9.67 Å². The van der Waals surface area contributed by atoms with Gasteiger partial charge in [-0.1, -0.05) is 13.3 Å². The Balaban J connectivity index is 2.48. The summed E-state index contributed by atoms with van der Waals surface area (Å²) < 4.78 is 1.93. The number of imidazole rings is 1. The second kappa shape index (κ2) is 4.64. The summed E-state index contributed by atoms with van der Waals surface area (Å²) in [7, 11) is 0. The highest BCUT2D eigenvalue weighted by atomic mass is 16.4. The normalized spacial score (nSPS) is 10.2. The first-order valence-electron chi connectivity index (χ1n) is 4.45. The van der Waals surface area contributed by atoms with E-state index in [1.165, 1.54) is 0 Å². The maximum atomic E-state index is 10.3. The minimum absolute atomic E-state index is 0.0130. The van der Waals surface area contributed by atoms with Crippen LogP contribution in [0, 0.1) is 0 Å². The van der Waals surface area contributed by atoms with Crippen molar-refractivity contribution in [3.8, 4) is 0 Å². The molecule has 1 aromatic heterocycles. The van der Waals surface area contributed by atoms with Crippen LogP contribution in [0.3, 0.4) is 0 Å².